The molecule has 0 radical (unpaired) electrons. The second kappa shape index (κ2) is 13.2. The second-order valence-corrected chi connectivity index (χ2v) is 14.6. The molecule has 0 N–H and O–H groups in total. The van der Waals surface area contributed by atoms with E-state index in [1.807, 2.05) is 22.7 Å². The van der Waals surface area contributed by atoms with Gasteiger partial charge in [0.1, 0.15) is 0 Å². The predicted octanol–water partition coefficient (Wildman–Crippen LogP) is 12.6. The Morgan fingerprint density at radius 3 is 2.11 bits per heavy atom. The van der Waals surface area contributed by atoms with Gasteiger partial charge in [-0.2, -0.15) is 0 Å². The molecule has 0 saturated heterocycles. The van der Waals surface area contributed by atoms with Gasteiger partial charge in [0.15, 0.2) is 0 Å². The number of rotatable bonds is 8. The Balaban J connectivity index is 1.08. The van der Waals surface area contributed by atoms with Crippen LogP contribution in [0, 0.1) is 6.92 Å². The zero-order valence-corrected chi connectivity index (χ0v) is 28.2. The Kier molecular flexibility index (Phi) is 8.33. The molecule has 0 fully saturated rings. The quantitative estimate of drug-likeness (QED) is 0.163. The summed E-state index contributed by atoms with van der Waals surface area (Å²) < 4.78 is 0. The van der Waals surface area contributed by atoms with Gasteiger partial charge in [0, 0.05) is 36.8 Å². The molecule has 3 heteroatoms. The summed E-state index contributed by atoms with van der Waals surface area (Å²) in [5, 5.41) is 0. The largest absolute Gasteiger partial charge is 0.338 e. The first-order chi connectivity index (χ1) is 23.2. The normalized spacial score (nSPS) is 17.5. The molecular formula is C44H37NS2. The van der Waals surface area contributed by atoms with Gasteiger partial charge in [0.2, 0.25) is 0 Å². The molecular weight excluding hydrogens is 607 g/mol. The minimum Gasteiger partial charge on any atom is -0.338 e. The topological polar surface area (TPSA) is 3.24 Å². The highest BCUT2D eigenvalue weighted by atomic mass is 32.1. The van der Waals surface area contributed by atoms with Crippen LogP contribution in [0.2, 0.25) is 0 Å². The molecule has 0 aliphatic heterocycles. The molecule has 0 amide bonds. The van der Waals surface area contributed by atoms with Crippen molar-refractivity contribution in [3.8, 4) is 20.9 Å². The molecule has 3 aliphatic rings. The van der Waals surface area contributed by atoms with Gasteiger partial charge in [-0.15, -0.1) is 22.7 Å². The van der Waals surface area contributed by atoms with E-state index in [0.29, 0.717) is 5.92 Å². The Labute approximate surface area is 286 Å². The molecule has 1 nitrogen and oxygen atoms in total. The molecule has 47 heavy (non-hydrogen) atoms. The molecule has 5 aromatic rings. The molecule has 3 aliphatic carbocycles. The standard InChI is InChI=1S/C44H37NS2/c1-31-9-5-8-14-40(31)32-15-21-37(22-16-32)45(39-25-19-36(20-26-39)44-30-28-42(47-44)34-12-6-7-13-34)38-23-17-35(18-24-38)43-29-27-41(46-43)33-10-3-2-4-11-33/h2-15,17-21,23,25-30,34,38H,16,22,24H2,1H3. The van der Waals surface area contributed by atoms with Crippen molar-refractivity contribution < 1.29 is 0 Å². The summed E-state index contributed by atoms with van der Waals surface area (Å²) in [6.07, 6.45) is 23.8. The van der Waals surface area contributed by atoms with Crippen LogP contribution in [0.15, 0.2) is 164 Å². The smallest absolute Gasteiger partial charge is 0.0557 e. The van der Waals surface area contributed by atoms with Crippen LogP contribution < -0.4 is 4.90 Å². The minimum atomic E-state index is 0.257. The summed E-state index contributed by atoms with van der Waals surface area (Å²) in [5.74, 6) is 0.412. The van der Waals surface area contributed by atoms with Gasteiger partial charge >= 0.3 is 0 Å². The Morgan fingerprint density at radius 1 is 0.638 bits per heavy atom. The lowest BCUT2D eigenvalue weighted by molar-refractivity contribution is 0.724. The average molecular weight is 644 g/mol. The third-order valence-corrected chi connectivity index (χ3v) is 11.8. The Bertz CT molecular complexity index is 2070. The minimum absolute atomic E-state index is 0.257. The van der Waals surface area contributed by atoms with Crippen LogP contribution in [0.5, 0.6) is 0 Å². The highest BCUT2D eigenvalue weighted by Gasteiger charge is 2.24. The van der Waals surface area contributed by atoms with Crippen molar-refractivity contribution in [3.05, 3.63) is 184 Å². The van der Waals surface area contributed by atoms with Gasteiger partial charge in [0.25, 0.3) is 0 Å². The predicted molar refractivity (Wildman–Crippen MR) is 205 cm³/mol. The fourth-order valence-electron chi connectivity index (χ4n) is 6.88. The van der Waals surface area contributed by atoms with Crippen LogP contribution in [0.4, 0.5) is 5.69 Å². The van der Waals surface area contributed by atoms with Crippen molar-refractivity contribution in [2.75, 3.05) is 4.90 Å². The van der Waals surface area contributed by atoms with E-state index in [-0.39, 0.29) is 6.04 Å². The van der Waals surface area contributed by atoms with E-state index >= 15 is 0 Å². The maximum absolute atomic E-state index is 2.58. The number of benzene rings is 3. The molecule has 3 aromatic carbocycles. The first-order valence-electron chi connectivity index (χ1n) is 16.5. The van der Waals surface area contributed by atoms with Gasteiger partial charge in [-0.25, -0.2) is 0 Å². The van der Waals surface area contributed by atoms with Crippen molar-refractivity contribution in [1.82, 2.24) is 0 Å². The Morgan fingerprint density at radius 2 is 1.36 bits per heavy atom. The molecule has 0 bridgehead atoms. The molecule has 1 unspecified atom stereocenters. The third-order valence-electron chi connectivity index (χ3n) is 9.42. The lowest BCUT2D eigenvalue weighted by atomic mass is 9.91. The fourth-order valence-corrected chi connectivity index (χ4v) is 8.99. The number of anilines is 1. The average Bonchev–Trinajstić information content (AvgIpc) is 3.93. The summed E-state index contributed by atoms with van der Waals surface area (Å²) in [6, 6.07) is 38.1. The maximum atomic E-state index is 2.58. The molecule has 230 valence electrons. The Hall–Kier alpha value is -4.70. The van der Waals surface area contributed by atoms with Crippen LogP contribution in [0.3, 0.4) is 0 Å². The summed E-state index contributed by atoms with van der Waals surface area (Å²) in [5.41, 5.74) is 10.7. The van der Waals surface area contributed by atoms with E-state index < -0.39 is 0 Å². The zero-order chi connectivity index (χ0) is 31.6. The monoisotopic (exact) mass is 643 g/mol. The first-order valence-corrected chi connectivity index (χ1v) is 18.2. The van der Waals surface area contributed by atoms with Gasteiger partial charge in [-0.3, -0.25) is 0 Å². The van der Waals surface area contributed by atoms with Crippen LogP contribution in [-0.4, -0.2) is 6.04 Å². The van der Waals surface area contributed by atoms with E-state index in [9.17, 15) is 0 Å². The SMILES string of the molecule is Cc1ccccc1C1=CC=C(N(c2ccc(-c3ccc(C4C=CC=C4)s3)cc2)C2C=CC(c3ccc(-c4ccccc4)s3)=CC2)CC1. The van der Waals surface area contributed by atoms with E-state index in [0.717, 1.165) is 19.3 Å². The molecule has 0 spiro atoms. The van der Waals surface area contributed by atoms with Gasteiger partial charge in [0.05, 0.1) is 6.04 Å². The van der Waals surface area contributed by atoms with E-state index in [2.05, 4.69) is 170 Å². The summed E-state index contributed by atoms with van der Waals surface area (Å²) >= 11 is 3.77. The van der Waals surface area contributed by atoms with Crippen molar-refractivity contribution in [3.63, 3.8) is 0 Å². The molecule has 0 saturated carbocycles. The molecule has 1 atom stereocenters. The molecule has 2 heterocycles. The first kappa shape index (κ1) is 29.7. The van der Waals surface area contributed by atoms with Crippen molar-refractivity contribution >= 4 is 39.5 Å². The van der Waals surface area contributed by atoms with E-state index in [4.69, 9.17) is 0 Å². The number of allylic oxidation sites excluding steroid dienone is 10. The third kappa shape index (κ3) is 6.22. The fraction of sp³-hybridized carbons (Fsp3) is 0.136. The van der Waals surface area contributed by atoms with Crippen molar-refractivity contribution in [1.29, 1.82) is 0 Å². The number of hydrogen-bond acceptors (Lipinski definition) is 3. The lowest BCUT2D eigenvalue weighted by Crippen LogP contribution is -2.34. The number of aryl methyl sites for hydroxylation is 1. The summed E-state index contributed by atoms with van der Waals surface area (Å²) in [6.45, 7) is 2.22. The summed E-state index contributed by atoms with van der Waals surface area (Å²) in [4.78, 5) is 7.95. The van der Waals surface area contributed by atoms with Crippen LogP contribution in [0.25, 0.3) is 32.0 Å². The van der Waals surface area contributed by atoms with E-state index in [1.165, 1.54) is 64.3 Å². The molecule has 2 aromatic heterocycles. The van der Waals surface area contributed by atoms with Gasteiger partial charge < -0.3 is 4.90 Å². The number of nitrogens with zero attached hydrogens (tertiary/aromatic N) is 1. The number of thiophene rings is 2. The van der Waals surface area contributed by atoms with E-state index in [1.54, 1.807) is 0 Å². The van der Waals surface area contributed by atoms with Crippen molar-refractivity contribution in [2.45, 2.75) is 38.1 Å². The van der Waals surface area contributed by atoms with Gasteiger partial charge in [-0.05, 0) is 102 Å². The lowest BCUT2D eigenvalue weighted by Gasteiger charge is -2.36. The maximum Gasteiger partial charge on any atom is 0.0557 e. The van der Waals surface area contributed by atoms with Crippen LogP contribution in [-0.2, 0) is 0 Å². The van der Waals surface area contributed by atoms with Crippen molar-refractivity contribution in [2.24, 2.45) is 0 Å². The molecule has 8 rings (SSSR count). The number of hydrogen-bond donors (Lipinski definition) is 0. The second-order valence-electron chi connectivity index (χ2n) is 12.4. The zero-order valence-electron chi connectivity index (χ0n) is 26.6. The van der Waals surface area contributed by atoms with Crippen LogP contribution in [0.1, 0.15) is 46.1 Å². The summed E-state index contributed by atoms with van der Waals surface area (Å²) in [7, 11) is 0. The van der Waals surface area contributed by atoms with Crippen LogP contribution >= 0.6 is 22.7 Å². The van der Waals surface area contributed by atoms with Gasteiger partial charge in [-0.1, -0.05) is 115 Å². The highest BCUT2D eigenvalue weighted by molar-refractivity contribution is 7.16. The highest BCUT2D eigenvalue weighted by Crippen LogP contribution is 2.40.